The molecule has 1 fully saturated rings. The lowest BCUT2D eigenvalue weighted by molar-refractivity contribution is 0.0607. The van der Waals surface area contributed by atoms with Crippen LogP contribution in [0.5, 0.6) is 0 Å². The van der Waals surface area contributed by atoms with E-state index >= 15 is 0 Å². The van der Waals surface area contributed by atoms with Crippen LogP contribution >= 0.6 is 0 Å². The first-order chi connectivity index (χ1) is 12.7. The van der Waals surface area contributed by atoms with Crippen molar-refractivity contribution < 1.29 is 9.18 Å². The predicted octanol–water partition coefficient (Wildman–Crippen LogP) is 4.34. The molecular formula is C22H27FN2O. The molecule has 0 radical (unpaired) electrons. The molecular weight excluding hydrogens is 327 g/mol. The van der Waals surface area contributed by atoms with Gasteiger partial charge in [-0.25, -0.2) is 4.39 Å². The molecule has 0 saturated carbocycles. The van der Waals surface area contributed by atoms with Crippen molar-refractivity contribution in [2.75, 3.05) is 19.6 Å². The summed E-state index contributed by atoms with van der Waals surface area (Å²) in [4.78, 5) is 17.1. The highest BCUT2D eigenvalue weighted by Gasteiger charge is 2.27. The molecule has 3 nitrogen and oxygen atoms in total. The maximum Gasteiger partial charge on any atom is 0.253 e. The minimum Gasteiger partial charge on any atom is -0.339 e. The third kappa shape index (κ3) is 4.70. The molecule has 4 heteroatoms. The number of carbonyl (C=O) groups is 1. The lowest BCUT2D eigenvalue weighted by atomic mass is 10.0. The Labute approximate surface area is 155 Å². The van der Waals surface area contributed by atoms with Gasteiger partial charge in [-0.05, 0) is 55.6 Å². The fourth-order valence-electron chi connectivity index (χ4n) is 3.70. The maximum atomic E-state index is 13.1. The third-order valence-corrected chi connectivity index (χ3v) is 5.10. The van der Waals surface area contributed by atoms with Gasteiger partial charge in [0.2, 0.25) is 0 Å². The van der Waals surface area contributed by atoms with Crippen molar-refractivity contribution in [1.82, 2.24) is 9.80 Å². The fraction of sp³-hybridized carbons (Fsp3) is 0.409. The van der Waals surface area contributed by atoms with Crippen LogP contribution in [0, 0.1) is 5.82 Å². The Morgan fingerprint density at radius 1 is 1.08 bits per heavy atom. The summed E-state index contributed by atoms with van der Waals surface area (Å²) in [5.41, 5.74) is 1.91. The van der Waals surface area contributed by atoms with Crippen molar-refractivity contribution in [1.29, 1.82) is 0 Å². The number of likely N-dealkylation sites (tertiary alicyclic amines) is 1. The first-order valence-corrected chi connectivity index (χ1v) is 9.50. The lowest BCUT2D eigenvalue weighted by Crippen LogP contribution is -2.46. The molecule has 2 aromatic carbocycles. The summed E-state index contributed by atoms with van der Waals surface area (Å²) < 4.78 is 13.1. The van der Waals surface area contributed by atoms with Crippen molar-refractivity contribution in [3.05, 3.63) is 71.5 Å². The standard InChI is InChI=1S/C22H27FN2O/c1-2-14-25(17-18-8-10-20(23)11-9-18)21-12-15-24(16-13-21)22(26)19-6-4-3-5-7-19/h3-11,21H,2,12-17H2,1H3. The number of benzene rings is 2. The highest BCUT2D eigenvalue weighted by atomic mass is 19.1. The van der Waals surface area contributed by atoms with Crippen LogP contribution in [0.2, 0.25) is 0 Å². The molecule has 26 heavy (non-hydrogen) atoms. The summed E-state index contributed by atoms with van der Waals surface area (Å²) in [6.07, 6.45) is 3.06. The number of hydrogen-bond donors (Lipinski definition) is 0. The largest absolute Gasteiger partial charge is 0.339 e. The van der Waals surface area contributed by atoms with Gasteiger partial charge in [-0.15, -0.1) is 0 Å². The number of nitrogens with zero attached hydrogens (tertiary/aromatic N) is 2. The Morgan fingerprint density at radius 2 is 1.73 bits per heavy atom. The van der Waals surface area contributed by atoms with E-state index in [1.165, 1.54) is 12.1 Å². The highest BCUT2D eigenvalue weighted by Crippen LogP contribution is 2.21. The molecule has 1 heterocycles. The van der Waals surface area contributed by atoms with E-state index in [9.17, 15) is 9.18 Å². The highest BCUT2D eigenvalue weighted by molar-refractivity contribution is 5.94. The number of piperidine rings is 1. The Balaban J connectivity index is 1.59. The van der Waals surface area contributed by atoms with E-state index in [1.807, 2.05) is 47.4 Å². The molecule has 3 rings (SSSR count). The van der Waals surface area contributed by atoms with Crippen LogP contribution in [0.4, 0.5) is 4.39 Å². The molecule has 1 aliphatic heterocycles. The molecule has 0 N–H and O–H groups in total. The molecule has 0 bridgehead atoms. The van der Waals surface area contributed by atoms with Gasteiger partial charge in [-0.3, -0.25) is 9.69 Å². The Bertz CT molecular complexity index is 694. The van der Waals surface area contributed by atoms with Crippen molar-refractivity contribution >= 4 is 5.91 Å². The van der Waals surface area contributed by atoms with Crippen molar-refractivity contribution in [2.24, 2.45) is 0 Å². The molecule has 0 atom stereocenters. The summed E-state index contributed by atoms with van der Waals surface area (Å²) in [5, 5.41) is 0. The minimum absolute atomic E-state index is 0.129. The van der Waals surface area contributed by atoms with Crippen LogP contribution < -0.4 is 0 Å². The Hall–Kier alpha value is -2.20. The second-order valence-corrected chi connectivity index (χ2v) is 6.99. The van der Waals surface area contributed by atoms with Gasteiger partial charge in [0.05, 0.1) is 0 Å². The smallest absolute Gasteiger partial charge is 0.253 e. The predicted molar refractivity (Wildman–Crippen MR) is 102 cm³/mol. The summed E-state index contributed by atoms with van der Waals surface area (Å²) in [6, 6.07) is 16.8. The normalized spacial score (nSPS) is 15.4. The van der Waals surface area contributed by atoms with Gasteiger partial charge in [0, 0.05) is 31.2 Å². The van der Waals surface area contributed by atoms with E-state index < -0.39 is 0 Å². The molecule has 0 aliphatic carbocycles. The number of hydrogen-bond acceptors (Lipinski definition) is 2. The molecule has 1 saturated heterocycles. The number of amides is 1. The van der Waals surface area contributed by atoms with E-state index in [0.29, 0.717) is 6.04 Å². The Kier molecular flexibility index (Phi) is 6.40. The zero-order valence-corrected chi connectivity index (χ0v) is 15.4. The van der Waals surface area contributed by atoms with E-state index in [4.69, 9.17) is 0 Å². The number of carbonyl (C=O) groups excluding carboxylic acids is 1. The van der Waals surface area contributed by atoms with Crippen molar-refractivity contribution in [2.45, 2.75) is 38.8 Å². The first kappa shape index (κ1) is 18.6. The van der Waals surface area contributed by atoms with Gasteiger partial charge in [0.25, 0.3) is 5.91 Å². The monoisotopic (exact) mass is 354 g/mol. The first-order valence-electron chi connectivity index (χ1n) is 9.50. The quantitative estimate of drug-likeness (QED) is 0.770. The van der Waals surface area contributed by atoms with E-state index in [-0.39, 0.29) is 11.7 Å². The molecule has 0 spiro atoms. The average Bonchev–Trinajstić information content (AvgIpc) is 2.69. The van der Waals surface area contributed by atoms with Gasteiger partial charge in [0.15, 0.2) is 0 Å². The third-order valence-electron chi connectivity index (χ3n) is 5.10. The van der Waals surface area contributed by atoms with Gasteiger partial charge < -0.3 is 4.90 Å². The maximum absolute atomic E-state index is 13.1. The molecule has 138 valence electrons. The van der Waals surface area contributed by atoms with Crippen LogP contribution in [-0.2, 0) is 6.54 Å². The summed E-state index contributed by atoms with van der Waals surface area (Å²) in [5.74, 6) is -0.0619. The second kappa shape index (κ2) is 8.95. The average molecular weight is 354 g/mol. The van der Waals surface area contributed by atoms with Crippen LogP contribution in [0.1, 0.15) is 42.1 Å². The number of rotatable bonds is 6. The van der Waals surface area contributed by atoms with Crippen molar-refractivity contribution in [3.63, 3.8) is 0 Å². The van der Waals surface area contributed by atoms with Crippen LogP contribution in [0.25, 0.3) is 0 Å². The van der Waals surface area contributed by atoms with Crippen LogP contribution in [0.3, 0.4) is 0 Å². The van der Waals surface area contributed by atoms with E-state index in [0.717, 1.165) is 56.6 Å². The van der Waals surface area contributed by atoms with Gasteiger partial charge >= 0.3 is 0 Å². The molecule has 1 aliphatic rings. The molecule has 0 unspecified atom stereocenters. The zero-order chi connectivity index (χ0) is 18.4. The Morgan fingerprint density at radius 3 is 2.35 bits per heavy atom. The lowest BCUT2D eigenvalue weighted by Gasteiger charge is -2.38. The second-order valence-electron chi connectivity index (χ2n) is 6.99. The summed E-state index contributed by atoms with van der Waals surface area (Å²) in [6.45, 7) is 5.63. The van der Waals surface area contributed by atoms with Gasteiger partial charge in [0.1, 0.15) is 5.82 Å². The van der Waals surface area contributed by atoms with Gasteiger partial charge in [-0.1, -0.05) is 37.3 Å². The van der Waals surface area contributed by atoms with Crippen LogP contribution in [0.15, 0.2) is 54.6 Å². The van der Waals surface area contributed by atoms with Gasteiger partial charge in [-0.2, -0.15) is 0 Å². The molecule has 0 aromatic heterocycles. The summed E-state index contributed by atoms with van der Waals surface area (Å²) in [7, 11) is 0. The van der Waals surface area contributed by atoms with Crippen LogP contribution in [-0.4, -0.2) is 41.4 Å². The van der Waals surface area contributed by atoms with E-state index in [2.05, 4.69) is 11.8 Å². The zero-order valence-electron chi connectivity index (χ0n) is 15.4. The van der Waals surface area contributed by atoms with Crippen molar-refractivity contribution in [3.8, 4) is 0 Å². The fourth-order valence-corrected chi connectivity index (χ4v) is 3.70. The molecule has 2 aromatic rings. The summed E-state index contributed by atoms with van der Waals surface area (Å²) >= 11 is 0. The SMILES string of the molecule is CCCN(Cc1ccc(F)cc1)C1CCN(C(=O)c2ccccc2)CC1. The minimum atomic E-state index is -0.191. The topological polar surface area (TPSA) is 23.6 Å². The molecule has 1 amide bonds. The number of halogens is 1. The van der Waals surface area contributed by atoms with E-state index in [1.54, 1.807) is 0 Å².